The molecule has 1 aromatic rings. The molecule has 3 atom stereocenters. The van der Waals surface area contributed by atoms with Crippen molar-refractivity contribution in [3.63, 3.8) is 0 Å². The van der Waals surface area contributed by atoms with Gasteiger partial charge in [-0.1, -0.05) is 39.8 Å². The zero-order chi connectivity index (χ0) is 14.8. The van der Waals surface area contributed by atoms with Gasteiger partial charge in [0.25, 0.3) is 0 Å². The van der Waals surface area contributed by atoms with E-state index in [1.54, 1.807) is 0 Å². The van der Waals surface area contributed by atoms with Gasteiger partial charge in [-0.25, -0.2) is 0 Å². The zero-order valence-electron chi connectivity index (χ0n) is 13.4. The molecule has 0 bridgehead atoms. The van der Waals surface area contributed by atoms with Gasteiger partial charge in [0, 0.05) is 6.04 Å². The summed E-state index contributed by atoms with van der Waals surface area (Å²) in [7, 11) is 0. The van der Waals surface area contributed by atoms with E-state index in [1.807, 2.05) is 0 Å². The monoisotopic (exact) mass is 275 g/mol. The van der Waals surface area contributed by atoms with Crippen LogP contribution in [0.3, 0.4) is 0 Å². The molecule has 2 N–H and O–H groups in total. The van der Waals surface area contributed by atoms with Gasteiger partial charge in [0.15, 0.2) is 0 Å². The van der Waals surface area contributed by atoms with E-state index in [4.69, 9.17) is 10.5 Å². The summed E-state index contributed by atoms with van der Waals surface area (Å²) in [6.45, 7) is 9.15. The quantitative estimate of drug-likeness (QED) is 0.865. The maximum atomic E-state index is 6.24. The molecular formula is C18H29NO. The molecule has 0 heterocycles. The van der Waals surface area contributed by atoms with Gasteiger partial charge in [0.2, 0.25) is 0 Å². The van der Waals surface area contributed by atoms with Gasteiger partial charge in [0.1, 0.15) is 5.75 Å². The predicted molar refractivity (Wildman–Crippen MR) is 84.9 cm³/mol. The van der Waals surface area contributed by atoms with Gasteiger partial charge in [-0.2, -0.15) is 0 Å². The molecule has 0 aromatic heterocycles. The van der Waals surface area contributed by atoms with Crippen molar-refractivity contribution in [2.75, 3.05) is 0 Å². The lowest BCUT2D eigenvalue weighted by atomic mass is 9.71. The molecule has 3 unspecified atom stereocenters. The molecule has 0 amide bonds. The summed E-state index contributed by atoms with van der Waals surface area (Å²) >= 11 is 0. The van der Waals surface area contributed by atoms with E-state index >= 15 is 0 Å². The molecule has 0 spiro atoms. The average molecular weight is 275 g/mol. The minimum atomic E-state index is 0.111. The molecule has 0 saturated heterocycles. The van der Waals surface area contributed by atoms with Crippen molar-refractivity contribution in [2.45, 2.75) is 65.5 Å². The Morgan fingerprint density at radius 1 is 1.35 bits per heavy atom. The van der Waals surface area contributed by atoms with Crippen molar-refractivity contribution in [2.24, 2.45) is 17.1 Å². The highest BCUT2D eigenvalue weighted by molar-refractivity contribution is 5.30. The maximum Gasteiger partial charge on any atom is 0.120 e. The van der Waals surface area contributed by atoms with E-state index in [1.165, 1.54) is 12.0 Å². The van der Waals surface area contributed by atoms with Crippen LogP contribution in [0.5, 0.6) is 5.75 Å². The van der Waals surface area contributed by atoms with Gasteiger partial charge in [0.05, 0.1) is 6.10 Å². The highest BCUT2D eigenvalue weighted by Crippen LogP contribution is 2.40. The number of hydrogen-bond acceptors (Lipinski definition) is 2. The second-order valence-electron chi connectivity index (χ2n) is 7.24. The highest BCUT2D eigenvalue weighted by Gasteiger charge is 2.33. The molecule has 1 saturated carbocycles. The van der Waals surface area contributed by atoms with Gasteiger partial charge in [-0.15, -0.1) is 0 Å². The molecule has 1 aromatic carbocycles. The molecule has 0 radical (unpaired) electrons. The van der Waals surface area contributed by atoms with Crippen LogP contribution in [0.4, 0.5) is 0 Å². The third-order valence-electron chi connectivity index (χ3n) is 4.38. The minimum Gasteiger partial charge on any atom is -0.490 e. The van der Waals surface area contributed by atoms with Crippen LogP contribution in [-0.4, -0.2) is 6.10 Å². The lowest BCUT2D eigenvalue weighted by Gasteiger charge is -2.38. The van der Waals surface area contributed by atoms with Crippen LogP contribution in [0, 0.1) is 11.3 Å². The second kappa shape index (κ2) is 6.17. The number of nitrogens with two attached hydrogens (primary N) is 1. The Kier molecular flexibility index (Phi) is 4.74. The summed E-state index contributed by atoms with van der Waals surface area (Å²) in [5, 5.41) is 0. The van der Waals surface area contributed by atoms with Crippen molar-refractivity contribution < 1.29 is 4.74 Å². The zero-order valence-corrected chi connectivity index (χ0v) is 13.4. The van der Waals surface area contributed by atoms with Crippen LogP contribution >= 0.6 is 0 Å². The number of ether oxygens (including phenoxy) is 1. The van der Waals surface area contributed by atoms with Gasteiger partial charge < -0.3 is 10.5 Å². The summed E-state index contributed by atoms with van der Waals surface area (Å²) in [6, 6.07) is 8.42. The summed E-state index contributed by atoms with van der Waals surface area (Å²) in [6.07, 6.45) is 4.89. The normalized spacial score (nSPS) is 27.1. The highest BCUT2D eigenvalue weighted by atomic mass is 16.5. The molecule has 1 aliphatic rings. The van der Waals surface area contributed by atoms with Crippen LogP contribution in [0.15, 0.2) is 24.3 Å². The second-order valence-corrected chi connectivity index (χ2v) is 7.24. The Morgan fingerprint density at radius 3 is 2.75 bits per heavy atom. The van der Waals surface area contributed by atoms with Crippen molar-refractivity contribution in [1.82, 2.24) is 0 Å². The molecule has 1 fully saturated rings. The summed E-state index contributed by atoms with van der Waals surface area (Å²) in [5.74, 6) is 1.71. The Hall–Kier alpha value is -1.02. The fraction of sp³-hybridized carbons (Fsp3) is 0.667. The lowest BCUT2D eigenvalue weighted by Crippen LogP contribution is -2.34. The predicted octanol–water partition coefficient (Wildman–Crippen LogP) is 4.69. The van der Waals surface area contributed by atoms with Crippen LogP contribution in [-0.2, 0) is 0 Å². The van der Waals surface area contributed by atoms with Crippen molar-refractivity contribution in [3.05, 3.63) is 29.8 Å². The molecular weight excluding hydrogens is 246 g/mol. The largest absolute Gasteiger partial charge is 0.490 e. The van der Waals surface area contributed by atoms with Gasteiger partial charge >= 0.3 is 0 Å². The van der Waals surface area contributed by atoms with Crippen LogP contribution in [0.1, 0.15) is 65.0 Å². The fourth-order valence-electron chi connectivity index (χ4n) is 3.59. The van der Waals surface area contributed by atoms with Crippen LogP contribution in [0.2, 0.25) is 0 Å². The smallest absolute Gasteiger partial charge is 0.120 e. The average Bonchev–Trinajstić information content (AvgIpc) is 2.35. The van der Waals surface area contributed by atoms with E-state index in [-0.39, 0.29) is 6.04 Å². The molecule has 2 nitrogen and oxygen atoms in total. The first-order chi connectivity index (χ1) is 9.39. The Labute approximate surface area is 123 Å². The van der Waals surface area contributed by atoms with E-state index in [9.17, 15) is 0 Å². The number of rotatable bonds is 4. The lowest BCUT2D eigenvalue weighted by molar-refractivity contribution is 0.0562. The minimum absolute atomic E-state index is 0.111. The third-order valence-corrected chi connectivity index (χ3v) is 4.38. The van der Waals surface area contributed by atoms with E-state index < -0.39 is 0 Å². The van der Waals surface area contributed by atoms with Crippen molar-refractivity contribution in [3.8, 4) is 5.75 Å². The van der Waals surface area contributed by atoms with Crippen molar-refractivity contribution in [1.29, 1.82) is 0 Å². The topological polar surface area (TPSA) is 35.2 Å². The van der Waals surface area contributed by atoms with E-state index in [2.05, 4.69) is 52.0 Å². The summed E-state index contributed by atoms with van der Waals surface area (Å²) in [5.41, 5.74) is 7.67. The van der Waals surface area contributed by atoms with Crippen molar-refractivity contribution >= 4 is 0 Å². The summed E-state index contributed by atoms with van der Waals surface area (Å²) in [4.78, 5) is 0. The third kappa shape index (κ3) is 3.99. The van der Waals surface area contributed by atoms with Gasteiger partial charge in [-0.05, 0) is 54.7 Å². The number of hydrogen-bond donors (Lipinski definition) is 1. The standard InChI is InChI=1S/C18H29NO/c1-5-17(19)14-7-6-8-15(10-14)20-16-9-13(2)11-18(3,4)12-16/h6-8,10,13,16-17H,5,9,11-12,19H2,1-4H3. The van der Waals surface area contributed by atoms with Gasteiger partial charge in [-0.3, -0.25) is 0 Å². The Balaban J connectivity index is 2.06. The molecule has 2 rings (SSSR count). The van der Waals surface area contributed by atoms with Crippen LogP contribution in [0.25, 0.3) is 0 Å². The van der Waals surface area contributed by atoms with Crippen LogP contribution < -0.4 is 10.5 Å². The first-order valence-electron chi connectivity index (χ1n) is 7.92. The Morgan fingerprint density at radius 2 is 2.10 bits per heavy atom. The molecule has 2 heteroatoms. The number of benzene rings is 1. The first kappa shape index (κ1) is 15.4. The first-order valence-corrected chi connectivity index (χ1v) is 7.92. The molecule has 0 aliphatic heterocycles. The maximum absolute atomic E-state index is 6.24. The van der Waals surface area contributed by atoms with E-state index in [0.29, 0.717) is 11.5 Å². The molecule has 1 aliphatic carbocycles. The molecule has 20 heavy (non-hydrogen) atoms. The SMILES string of the molecule is CCC(N)c1cccc(OC2CC(C)CC(C)(C)C2)c1. The Bertz CT molecular complexity index is 441. The van der Waals surface area contributed by atoms with E-state index in [0.717, 1.165) is 30.9 Å². The fourth-order valence-corrected chi connectivity index (χ4v) is 3.59. The summed E-state index contributed by atoms with van der Waals surface area (Å²) < 4.78 is 6.24. The molecule has 112 valence electrons.